The molecule has 0 unspecified atom stereocenters. The number of aromatic nitrogens is 2. The Labute approximate surface area is 162 Å². The van der Waals surface area contributed by atoms with Crippen LogP contribution in [-0.4, -0.2) is 33.7 Å². The second kappa shape index (κ2) is 7.64. The monoisotopic (exact) mass is 381 g/mol. The summed E-state index contributed by atoms with van der Waals surface area (Å²) >= 11 is 1.58. The largest absolute Gasteiger partial charge is 0.341 e. The molecule has 0 aliphatic carbocycles. The lowest BCUT2D eigenvalue weighted by Crippen LogP contribution is -2.40. The van der Waals surface area contributed by atoms with Gasteiger partial charge in [-0.15, -0.1) is 11.3 Å². The molecule has 0 N–H and O–H groups in total. The van der Waals surface area contributed by atoms with E-state index in [4.69, 9.17) is 0 Å². The van der Waals surface area contributed by atoms with Crippen LogP contribution in [0.2, 0.25) is 0 Å². The Morgan fingerprint density at radius 2 is 1.74 bits per heavy atom. The minimum Gasteiger partial charge on any atom is -0.341 e. The maximum Gasteiger partial charge on any atom is 0.275 e. The minimum atomic E-state index is -0.612. The molecule has 6 heteroatoms. The Bertz CT molecular complexity index is 1000. The molecule has 1 saturated heterocycles. The van der Waals surface area contributed by atoms with Crippen LogP contribution in [0.25, 0.3) is 21.3 Å². The highest BCUT2D eigenvalue weighted by Gasteiger charge is 2.26. The predicted octanol–water partition coefficient (Wildman–Crippen LogP) is 4.09. The van der Waals surface area contributed by atoms with Gasteiger partial charge in [0, 0.05) is 18.5 Å². The zero-order chi connectivity index (χ0) is 18.8. The zero-order valence-corrected chi connectivity index (χ0v) is 16.2. The quantitative estimate of drug-likeness (QED) is 0.687. The number of hydrogen-bond donors (Lipinski definition) is 0. The van der Waals surface area contributed by atoms with E-state index in [9.17, 15) is 9.59 Å². The molecule has 0 spiro atoms. The summed E-state index contributed by atoms with van der Waals surface area (Å²) in [6.45, 7) is 3.32. The van der Waals surface area contributed by atoms with E-state index in [1.54, 1.807) is 18.3 Å². The third-order valence-electron chi connectivity index (χ3n) is 5.22. The van der Waals surface area contributed by atoms with Gasteiger partial charge >= 0.3 is 0 Å². The van der Waals surface area contributed by atoms with Crippen LogP contribution in [0.1, 0.15) is 38.6 Å². The SMILES string of the molecule is C[C@@H](C(=O)N1CCCCCC1)n1nc(-c2cccs2)c2ccccc2c1=O. The van der Waals surface area contributed by atoms with Gasteiger partial charge in [0.15, 0.2) is 0 Å². The lowest BCUT2D eigenvalue weighted by Gasteiger charge is -2.25. The Morgan fingerprint density at radius 3 is 2.41 bits per heavy atom. The summed E-state index contributed by atoms with van der Waals surface area (Å²) in [5, 5.41) is 8.07. The molecule has 1 amide bonds. The van der Waals surface area contributed by atoms with Gasteiger partial charge in [-0.05, 0) is 37.3 Å². The smallest absolute Gasteiger partial charge is 0.275 e. The fraction of sp³-hybridized carbons (Fsp3) is 0.381. The molecule has 4 rings (SSSR count). The standard InChI is InChI=1S/C21H23N3O2S/c1-15(20(25)23-12-6-2-3-7-13-23)24-21(26)17-10-5-4-9-16(17)19(22-24)18-11-8-14-27-18/h4-5,8-11,14-15H,2-3,6-7,12-13H2,1H3/t15-/m0/s1. The molecule has 1 atom stereocenters. The molecule has 3 heterocycles. The second-order valence-corrected chi connectivity index (χ2v) is 7.98. The van der Waals surface area contributed by atoms with Crippen LogP contribution in [0.15, 0.2) is 46.6 Å². The highest BCUT2D eigenvalue weighted by molar-refractivity contribution is 7.13. The fourth-order valence-corrected chi connectivity index (χ4v) is 4.45. The van der Waals surface area contributed by atoms with Crippen LogP contribution in [0.5, 0.6) is 0 Å². The summed E-state index contributed by atoms with van der Waals surface area (Å²) in [6.07, 6.45) is 4.38. The second-order valence-electron chi connectivity index (χ2n) is 7.04. The number of amides is 1. The molecule has 1 fully saturated rings. The summed E-state index contributed by atoms with van der Waals surface area (Å²) < 4.78 is 1.38. The summed E-state index contributed by atoms with van der Waals surface area (Å²) in [5.74, 6) is -0.0149. The zero-order valence-electron chi connectivity index (χ0n) is 15.4. The number of carbonyl (C=O) groups is 1. The van der Waals surface area contributed by atoms with Crippen LogP contribution in [0.3, 0.4) is 0 Å². The van der Waals surface area contributed by atoms with Crippen LogP contribution in [0.4, 0.5) is 0 Å². The normalized spacial score (nSPS) is 16.3. The van der Waals surface area contributed by atoms with Crippen molar-refractivity contribution in [1.82, 2.24) is 14.7 Å². The van der Waals surface area contributed by atoms with Crippen molar-refractivity contribution >= 4 is 28.0 Å². The Morgan fingerprint density at radius 1 is 1.04 bits per heavy atom. The molecule has 3 aromatic rings. The summed E-state index contributed by atoms with van der Waals surface area (Å²) in [5.41, 5.74) is 0.553. The van der Waals surface area contributed by atoms with Crippen LogP contribution in [0, 0.1) is 0 Å². The maximum atomic E-state index is 13.1. The van der Waals surface area contributed by atoms with Crippen molar-refractivity contribution in [3.63, 3.8) is 0 Å². The van der Waals surface area contributed by atoms with Crippen molar-refractivity contribution < 1.29 is 4.79 Å². The molecular weight excluding hydrogens is 358 g/mol. The summed E-state index contributed by atoms with van der Waals surface area (Å²) in [4.78, 5) is 29.0. The molecule has 0 radical (unpaired) electrons. The third-order valence-corrected chi connectivity index (χ3v) is 6.10. The van der Waals surface area contributed by atoms with Crippen molar-refractivity contribution in [1.29, 1.82) is 0 Å². The molecule has 0 bridgehead atoms. The van der Waals surface area contributed by atoms with E-state index in [-0.39, 0.29) is 11.5 Å². The van der Waals surface area contributed by atoms with E-state index in [1.807, 2.05) is 46.7 Å². The number of benzene rings is 1. The lowest BCUT2D eigenvalue weighted by molar-refractivity contribution is -0.134. The first-order valence-electron chi connectivity index (χ1n) is 9.51. The van der Waals surface area contributed by atoms with Gasteiger partial charge in [-0.2, -0.15) is 5.10 Å². The van der Waals surface area contributed by atoms with E-state index in [2.05, 4.69) is 5.10 Å². The fourth-order valence-electron chi connectivity index (χ4n) is 3.72. The highest BCUT2D eigenvalue weighted by Crippen LogP contribution is 2.29. The van der Waals surface area contributed by atoms with Crippen molar-refractivity contribution in [2.75, 3.05) is 13.1 Å². The Kier molecular flexibility index (Phi) is 5.07. The molecular formula is C21H23N3O2S. The van der Waals surface area contributed by atoms with Crippen molar-refractivity contribution in [3.05, 3.63) is 52.1 Å². The average molecular weight is 382 g/mol. The highest BCUT2D eigenvalue weighted by atomic mass is 32.1. The first-order valence-corrected chi connectivity index (χ1v) is 10.4. The van der Waals surface area contributed by atoms with Gasteiger partial charge in [-0.25, -0.2) is 4.68 Å². The van der Waals surface area contributed by atoms with Crippen LogP contribution >= 0.6 is 11.3 Å². The van der Waals surface area contributed by atoms with Crippen molar-refractivity contribution in [2.45, 2.75) is 38.6 Å². The van der Waals surface area contributed by atoms with Gasteiger partial charge in [0.2, 0.25) is 5.91 Å². The Balaban J connectivity index is 1.80. The van der Waals surface area contributed by atoms with E-state index in [0.29, 0.717) is 5.39 Å². The molecule has 1 aliphatic heterocycles. The first kappa shape index (κ1) is 17.9. The number of carbonyl (C=O) groups excluding carboxylic acids is 1. The molecule has 0 saturated carbocycles. The van der Waals surface area contributed by atoms with E-state index >= 15 is 0 Å². The lowest BCUT2D eigenvalue weighted by atomic mass is 10.1. The van der Waals surface area contributed by atoms with Gasteiger partial charge in [0.1, 0.15) is 11.7 Å². The number of fused-ring (bicyclic) bond motifs is 1. The summed E-state index contributed by atoms with van der Waals surface area (Å²) in [7, 11) is 0. The van der Waals surface area contributed by atoms with E-state index < -0.39 is 6.04 Å². The van der Waals surface area contributed by atoms with Gasteiger partial charge in [0.05, 0.1) is 10.3 Å². The van der Waals surface area contributed by atoms with Gasteiger partial charge in [0.25, 0.3) is 5.56 Å². The average Bonchev–Trinajstić information content (AvgIpc) is 3.09. The molecule has 140 valence electrons. The van der Waals surface area contributed by atoms with Crippen molar-refractivity contribution in [3.8, 4) is 10.6 Å². The number of rotatable bonds is 3. The molecule has 1 aliphatic rings. The van der Waals surface area contributed by atoms with Gasteiger partial charge < -0.3 is 4.90 Å². The molecule has 27 heavy (non-hydrogen) atoms. The van der Waals surface area contributed by atoms with Crippen LogP contribution < -0.4 is 5.56 Å². The van der Waals surface area contributed by atoms with E-state index in [0.717, 1.165) is 54.7 Å². The van der Waals surface area contributed by atoms with E-state index in [1.165, 1.54) is 4.68 Å². The number of thiophene rings is 1. The minimum absolute atomic E-state index is 0.0149. The van der Waals surface area contributed by atoms with Crippen molar-refractivity contribution in [2.24, 2.45) is 0 Å². The predicted molar refractivity (Wildman–Crippen MR) is 109 cm³/mol. The molecule has 1 aromatic carbocycles. The Hall–Kier alpha value is -2.47. The first-order chi connectivity index (χ1) is 13.2. The van der Waals surface area contributed by atoms with Crippen LogP contribution in [-0.2, 0) is 4.79 Å². The summed E-state index contributed by atoms with van der Waals surface area (Å²) in [6, 6.07) is 10.9. The third kappa shape index (κ3) is 3.41. The molecule has 5 nitrogen and oxygen atoms in total. The number of likely N-dealkylation sites (tertiary alicyclic amines) is 1. The van der Waals surface area contributed by atoms with Gasteiger partial charge in [-0.1, -0.05) is 37.1 Å². The number of nitrogens with zero attached hydrogens (tertiary/aromatic N) is 3. The molecule has 2 aromatic heterocycles. The van der Waals surface area contributed by atoms with Gasteiger partial charge in [-0.3, -0.25) is 9.59 Å². The maximum absolute atomic E-state index is 13.1. The topological polar surface area (TPSA) is 55.2 Å². The number of hydrogen-bond acceptors (Lipinski definition) is 4.